The molecule has 2 aliphatic heterocycles. The topological polar surface area (TPSA) is 82.2 Å². The molecule has 9 heteroatoms. The molecule has 3 heterocycles. The van der Waals surface area contributed by atoms with Crippen molar-refractivity contribution in [1.82, 2.24) is 20.0 Å². The van der Waals surface area contributed by atoms with Crippen LogP contribution in [-0.2, 0) is 14.3 Å². The first-order valence-electron chi connectivity index (χ1n) is 10.9. The Kier molecular flexibility index (Phi) is 6.34. The number of ether oxygens (including phenoxy) is 1. The van der Waals surface area contributed by atoms with Gasteiger partial charge >= 0.3 is 12.0 Å². The Morgan fingerprint density at radius 2 is 2.06 bits per heavy atom. The molecule has 1 saturated heterocycles. The third-order valence-electron chi connectivity index (χ3n) is 6.24. The van der Waals surface area contributed by atoms with Crippen LogP contribution >= 0.6 is 11.3 Å². The highest BCUT2D eigenvalue weighted by atomic mass is 32.1. The van der Waals surface area contributed by atoms with E-state index in [4.69, 9.17) is 4.74 Å². The lowest BCUT2D eigenvalue weighted by Gasteiger charge is -2.42. The molecule has 4 rings (SSSR count). The molecular weight excluding hydrogens is 416 g/mol. The number of rotatable bonds is 6. The molecule has 0 spiro atoms. The second kappa shape index (κ2) is 9.00. The van der Waals surface area contributed by atoms with E-state index < -0.39 is 12.0 Å². The molecule has 2 unspecified atom stereocenters. The van der Waals surface area contributed by atoms with Crippen molar-refractivity contribution in [1.29, 1.82) is 0 Å². The van der Waals surface area contributed by atoms with E-state index in [9.17, 15) is 14.4 Å². The minimum atomic E-state index is -0.529. The molecule has 3 aliphatic rings. The fourth-order valence-corrected chi connectivity index (χ4v) is 5.05. The van der Waals surface area contributed by atoms with Gasteiger partial charge in [0.2, 0.25) is 5.91 Å². The number of hydrogen-bond acceptors (Lipinski definition) is 6. The second-order valence-electron chi connectivity index (χ2n) is 8.47. The first kappa shape index (κ1) is 21.8. The first-order valence-corrected chi connectivity index (χ1v) is 11.8. The average molecular weight is 447 g/mol. The van der Waals surface area contributed by atoms with Crippen LogP contribution < -0.4 is 5.32 Å². The Morgan fingerprint density at radius 3 is 2.68 bits per heavy atom. The van der Waals surface area contributed by atoms with Gasteiger partial charge in [0.15, 0.2) is 0 Å². The van der Waals surface area contributed by atoms with E-state index in [0.717, 1.165) is 18.4 Å². The van der Waals surface area contributed by atoms with Crippen molar-refractivity contribution >= 4 is 29.2 Å². The first-order chi connectivity index (χ1) is 14.9. The van der Waals surface area contributed by atoms with Crippen LogP contribution in [0.15, 0.2) is 28.1 Å². The minimum absolute atomic E-state index is 0.101. The zero-order valence-electron chi connectivity index (χ0n) is 18.3. The summed E-state index contributed by atoms with van der Waals surface area (Å²) in [6.07, 6.45) is 2.01. The molecule has 1 saturated carbocycles. The van der Waals surface area contributed by atoms with Gasteiger partial charge in [-0.1, -0.05) is 0 Å². The molecule has 1 aliphatic carbocycles. The number of likely N-dealkylation sites (N-methyl/N-ethyl adjacent to an activating group) is 1. The third kappa shape index (κ3) is 4.48. The maximum Gasteiger partial charge on any atom is 0.338 e. The van der Waals surface area contributed by atoms with Crippen molar-refractivity contribution in [2.45, 2.75) is 38.8 Å². The fraction of sp³-hybridized carbons (Fsp3) is 0.591. The number of urea groups is 1. The summed E-state index contributed by atoms with van der Waals surface area (Å²) in [5.74, 6) is 0.0769. The molecule has 1 N–H and O–H groups in total. The Labute approximate surface area is 186 Å². The van der Waals surface area contributed by atoms with Crippen molar-refractivity contribution in [2.75, 3.05) is 39.8 Å². The Morgan fingerprint density at radius 1 is 1.29 bits per heavy atom. The van der Waals surface area contributed by atoms with E-state index in [0.29, 0.717) is 37.4 Å². The normalized spacial score (nSPS) is 24.9. The number of thiophene rings is 1. The van der Waals surface area contributed by atoms with Crippen LogP contribution in [0.5, 0.6) is 0 Å². The van der Waals surface area contributed by atoms with Gasteiger partial charge in [0.1, 0.15) is 0 Å². The van der Waals surface area contributed by atoms with Crippen molar-refractivity contribution in [3.63, 3.8) is 0 Å². The average Bonchev–Trinajstić information content (AvgIpc) is 3.45. The molecule has 31 heavy (non-hydrogen) atoms. The predicted molar refractivity (Wildman–Crippen MR) is 117 cm³/mol. The monoisotopic (exact) mass is 446 g/mol. The summed E-state index contributed by atoms with van der Waals surface area (Å²) in [6, 6.07) is 1.25. The largest absolute Gasteiger partial charge is 0.463 e. The van der Waals surface area contributed by atoms with Crippen molar-refractivity contribution in [2.24, 2.45) is 5.92 Å². The summed E-state index contributed by atoms with van der Waals surface area (Å²) in [6.45, 7) is 6.65. The summed E-state index contributed by atoms with van der Waals surface area (Å²) in [5.41, 5.74) is 2.01. The van der Waals surface area contributed by atoms with Crippen LogP contribution in [0.4, 0.5) is 4.79 Å². The highest BCUT2D eigenvalue weighted by molar-refractivity contribution is 7.08. The number of piperazine rings is 1. The predicted octanol–water partition coefficient (Wildman–Crippen LogP) is 2.20. The second-order valence-corrected chi connectivity index (χ2v) is 9.25. The fourth-order valence-electron chi connectivity index (χ4n) is 4.37. The van der Waals surface area contributed by atoms with Gasteiger partial charge in [-0.3, -0.25) is 14.6 Å². The molecule has 0 bridgehead atoms. The number of nitrogens with zero attached hydrogens (tertiary/aromatic N) is 3. The zero-order valence-corrected chi connectivity index (χ0v) is 19.1. The molecule has 3 amide bonds. The Hall–Kier alpha value is -2.39. The van der Waals surface area contributed by atoms with Crippen LogP contribution in [0, 0.1) is 5.92 Å². The molecule has 8 nitrogen and oxygen atoms in total. The standard InChI is InChI=1S/C22H30N4O4S/c1-4-30-21(28)18-17(24(3)22(29)23-19(18)16-7-10-31-13-16)12-25-8-9-26(14(2)11-25)20(27)15-5-6-15/h7,10,13-15,19H,4-6,8-9,11-12H2,1-3H3,(H,23,29). The van der Waals surface area contributed by atoms with Gasteiger partial charge in [-0.25, -0.2) is 9.59 Å². The van der Waals surface area contributed by atoms with E-state index in [1.54, 1.807) is 14.0 Å². The molecule has 1 aromatic rings. The van der Waals surface area contributed by atoms with E-state index in [2.05, 4.69) is 17.1 Å². The lowest BCUT2D eigenvalue weighted by molar-refractivity contribution is -0.139. The maximum atomic E-state index is 13.0. The number of carbonyl (C=O) groups excluding carboxylic acids is 3. The smallest absolute Gasteiger partial charge is 0.338 e. The number of nitrogens with one attached hydrogen (secondary N) is 1. The maximum absolute atomic E-state index is 13.0. The van der Waals surface area contributed by atoms with Crippen LogP contribution in [-0.4, -0.2) is 78.5 Å². The van der Waals surface area contributed by atoms with E-state index in [-0.39, 0.29) is 30.5 Å². The van der Waals surface area contributed by atoms with Crippen LogP contribution in [0.1, 0.15) is 38.3 Å². The van der Waals surface area contributed by atoms with Crippen molar-refractivity contribution < 1.29 is 19.1 Å². The minimum Gasteiger partial charge on any atom is -0.463 e. The number of hydrogen-bond donors (Lipinski definition) is 1. The Balaban J connectivity index is 1.59. The van der Waals surface area contributed by atoms with E-state index in [1.165, 1.54) is 16.2 Å². The van der Waals surface area contributed by atoms with Crippen LogP contribution in [0.3, 0.4) is 0 Å². The molecule has 2 fully saturated rings. The van der Waals surface area contributed by atoms with Gasteiger partial charge in [0.05, 0.1) is 18.2 Å². The Bertz CT molecular complexity index is 880. The molecule has 168 valence electrons. The molecule has 0 radical (unpaired) electrons. The summed E-state index contributed by atoms with van der Waals surface area (Å²) >= 11 is 1.52. The van der Waals surface area contributed by atoms with Gasteiger partial charge in [-0.15, -0.1) is 0 Å². The van der Waals surface area contributed by atoms with Crippen LogP contribution in [0.2, 0.25) is 0 Å². The number of amides is 3. The van der Waals surface area contributed by atoms with Gasteiger partial charge in [-0.2, -0.15) is 11.3 Å². The highest BCUT2D eigenvalue weighted by Gasteiger charge is 2.40. The van der Waals surface area contributed by atoms with Gasteiger partial charge in [0, 0.05) is 50.9 Å². The number of carbonyl (C=O) groups is 3. The summed E-state index contributed by atoms with van der Waals surface area (Å²) < 4.78 is 5.37. The van der Waals surface area contributed by atoms with E-state index >= 15 is 0 Å². The van der Waals surface area contributed by atoms with Crippen molar-refractivity contribution in [3.8, 4) is 0 Å². The van der Waals surface area contributed by atoms with Gasteiger partial charge < -0.3 is 15.0 Å². The number of esters is 1. The quantitative estimate of drug-likeness (QED) is 0.678. The van der Waals surface area contributed by atoms with Crippen molar-refractivity contribution in [3.05, 3.63) is 33.7 Å². The van der Waals surface area contributed by atoms with Gasteiger partial charge in [0.25, 0.3) is 0 Å². The summed E-state index contributed by atoms with van der Waals surface area (Å²) in [5, 5.41) is 6.81. The lowest BCUT2D eigenvalue weighted by atomic mass is 9.96. The van der Waals surface area contributed by atoms with Crippen LogP contribution in [0.25, 0.3) is 0 Å². The molecule has 1 aromatic heterocycles. The SMILES string of the molecule is CCOC(=O)C1=C(CN2CCN(C(=O)C3CC3)C(C)C2)N(C)C(=O)NC1c1ccsc1. The lowest BCUT2D eigenvalue weighted by Crippen LogP contribution is -2.56. The highest BCUT2D eigenvalue weighted by Crippen LogP contribution is 2.34. The summed E-state index contributed by atoms with van der Waals surface area (Å²) in [7, 11) is 1.68. The summed E-state index contributed by atoms with van der Waals surface area (Å²) in [4.78, 5) is 43.9. The zero-order chi connectivity index (χ0) is 22.1. The van der Waals surface area contributed by atoms with E-state index in [1.807, 2.05) is 21.7 Å². The molecule has 0 aromatic carbocycles. The third-order valence-corrected chi connectivity index (χ3v) is 6.94. The molecule has 2 atom stereocenters. The van der Waals surface area contributed by atoms with Gasteiger partial charge in [-0.05, 0) is 49.1 Å². The molecular formula is C22H30N4O4S.